The molecule has 118 valence electrons. The van der Waals surface area contributed by atoms with Crippen molar-refractivity contribution in [2.24, 2.45) is 0 Å². The lowest BCUT2D eigenvalue weighted by Crippen LogP contribution is -2.34. The van der Waals surface area contributed by atoms with Crippen molar-refractivity contribution >= 4 is 57.2 Å². The van der Waals surface area contributed by atoms with E-state index in [-0.39, 0.29) is 16.7 Å². The third-order valence-corrected chi connectivity index (χ3v) is 4.34. The number of anilines is 1. The molecule has 2 rings (SSSR count). The van der Waals surface area contributed by atoms with Gasteiger partial charge >= 0.3 is 0 Å². The Kier molecular flexibility index (Phi) is 5.61. The number of hydrogen-bond acceptors (Lipinski definition) is 4. The lowest BCUT2D eigenvalue weighted by atomic mass is 10.1. The number of non-ortho nitro benzene ring substituents is 1. The summed E-state index contributed by atoms with van der Waals surface area (Å²) in [7, 11) is 0. The molecule has 0 saturated carbocycles. The summed E-state index contributed by atoms with van der Waals surface area (Å²) in [5.41, 5.74) is 1.95. The highest BCUT2D eigenvalue weighted by molar-refractivity contribution is 14.1. The van der Waals surface area contributed by atoms with Gasteiger partial charge in [-0.25, -0.2) is 0 Å². The first-order valence-corrected chi connectivity index (χ1v) is 7.98. The zero-order valence-electron chi connectivity index (χ0n) is 12.0. The Morgan fingerprint density at radius 2 is 2.00 bits per heavy atom. The van der Waals surface area contributed by atoms with E-state index in [2.05, 4.69) is 33.2 Å². The van der Waals surface area contributed by atoms with Crippen LogP contribution in [0.25, 0.3) is 0 Å². The van der Waals surface area contributed by atoms with Gasteiger partial charge in [0.1, 0.15) is 0 Å². The van der Waals surface area contributed by atoms with Gasteiger partial charge in [-0.15, -0.1) is 0 Å². The standard InChI is InChI=1S/C15H12IN3O3S/c1-9-5-6-10(7-13(9)16)14(20)18-15(23)17-11-3-2-4-12(8-11)19(21)22/h2-8H,1H3,(H2,17,18,20,23). The van der Waals surface area contributed by atoms with Gasteiger partial charge in [0.25, 0.3) is 11.6 Å². The molecule has 1 amide bonds. The highest BCUT2D eigenvalue weighted by Gasteiger charge is 2.11. The molecule has 0 heterocycles. The number of thiocarbonyl (C=S) groups is 1. The maximum atomic E-state index is 12.1. The maximum Gasteiger partial charge on any atom is 0.271 e. The number of nitro benzene ring substituents is 1. The molecule has 2 aromatic carbocycles. The van der Waals surface area contributed by atoms with Crippen LogP contribution in [0.4, 0.5) is 11.4 Å². The van der Waals surface area contributed by atoms with Crippen molar-refractivity contribution in [2.45, 2.75) is 6.92 Å². The van der Waals surface area contributed by atoms with Gasteiger partial charge in [0.2, 0.25) is 0 Å². The Bertz CT molecular complexity index is 795. The van der Waals surface area contributed by atoms with Crippen LogP contribution in [0.2, 0.25) is 0 Å². The van der Waals surface area contributed by atoms with Gasteiger partial charge in [-0.05, 0) is 65.5 Å². The predicted molar refractivity (Wildman–Crippen MR) is 101 cm³/mol. The fourth-order valence-corrected chi connectivity index (χ4v) is 2.49. The van der Waals surface area contributed by atoms with Crippen LogP contribution in [-0.4, -0.2) is 15.9 Å². The predicted octanol–water partition coefficient (Wildman–Crippen LogP) is 3.63. The molecule has 0 atom stereocenters. The summed E-state index contributed by atoms with van der Waals surface area (Å²) in [5, 5.41) is 16.1. The minimum Gasteiger partial charge on any atom is -0.332 e. The number of halogens is 1. The molecule has 2 N–H and O–H groups in total. The highest BCUT2D eigenvalue weighted by Crippen LogP contribution is 2.17. The van der Waals surface area contributed by atoms with Gasteiger partial charge in [-0.1, -0.05) is 12.1 Å². The first-order valence-electron chi connectivity index (χ1n) is 6.50. The molecule has 0 aliphatic heterocycles. The average Bonchev–Trinajstić information content (AvgIpc) is 2.50. The van der Waals surface area contributed by atoms with Gasteiger partial charge in [-0.3, -0.25) is 20.2 Å². The third-order valence-electron chi connectivity index (χ3n) is 2.98. The van der Waals surface area contributed by atoms with E-state index in [1.54, 1.807) is 18.2 Å². The summed E-state index contributed by atoms with van der Waals surface area (Å²) >= 11 is 7.22. The number of amides is 1. The number of rotatable bonds is 3. The van der Waals surface area contributed by atoms with Crippen molar-refractivity contribution in [3.63, 3.8) is 0 Å². The van der Waals surface area contributed by atoms with E-state index in [1.165, 1.54) is 18.2 Å². The molecule has 6 nitrogen and oxygen atoms in total. The molecule has 0 fully saturated rings. The van der Waals surface area contributed by atoms with Crippen LogP contribution in [0, 0.1) is 20.6 Å². The third kappa shape index (κ3) is 4.70. The fourth-order valence-electron chi connectivity index (χ4n) is 1.77. The maximum absolute atomic E-state index is 12.1. The summed E-state index contributed by atoms with van der Waals surface area (Å²) < 4.78 is 0.979. The van der Waals surface area contributed by atoms with E-state index >= 15 is 0 Å². The van der Waals surface area contributed by atoms with E-state index in [0.717, 1.165) is 9.13 Å². The van der Waals surface area contributed by atoms with Crippen molar-refractivity contribution in [3.8, 4) is 0 Å². The van der Waals surface area contributed by atoms with Crippen molar-refractivity contribution < 1.29 is 9.72 Å². The van der Waals surface area contributed by atoms with Crippen LogP contribution < -0.4 is 10.6 Å². The summed E-state index contributed by atoms with van der Waals surface area (Å²) in [6.45, 7) is 1.96. The number of nitrogens with one attached hydrogen (secondary N) is 2. The molecule has 23 heavy (non-hydrogen) atoms. The summed E-state index contributed by atoms with van der Waals surface area (Å²) in [4.78, 5) is 22.4. The molecule has 0 bridgehead atoms. The molecule has 0 saturated heterocycles. The van der Waals surface area contributed by atoms with Gasteiger partial charge in [-0.2, -0.15) is 0 Å². The highest BCUT2D eigenvalue weighted by atomic mass is 127. The molecule has 0 spiro atoms. The Hall–Kier alpha value is -2.07. The van der Waals surface area contributed by atoms with Crippen LogP contribution in [0.1, 0.15) is 15.9 Å². The van der Waals surface area contributed by atoms with E-state index in [0.29, 0.717) is 11.3 Å². The van der Waals surface area contributed by atoms with Crippen LogP contribution in [0.3, 0.4) is 0 Å². The Morgan fingerprint density at radius 1 is 1.26 bits per heavy atom. The van der Waals surface area contributed by atoms with Crippen molar-refractivity contribution in [2.75, 3.05) is 5.32 Å². The van der Waals surface area contributed by atoms with Crippen LogP contribution >= 0.6 is 34.8 Å². The molecule has 0 unspecified atom stereocenters. The van der Waals surface area contributed by atoms with Crippen LogP contribution in [-0.2, 0) is 0 Å². The van der Waals surface area contributed by atoms with Gasteiger partial charge in [0.15, 0.2) is 5.11 Å². The fraction of sp³-hybridized carbons (Fsp3) is 0.0667. The minimum absolute atomic E-state index is 0.0581. The second kappa shape index (κ2) is 7.47. The molecule has 0 aliphatic rings. The molecule has 8 heteroatoms. The number of carbonyl (C=O) groups is 1. The quantitative estimate of drug-likeness (QED) is 0.329. The summed E-state index contributed by atoms with van der Waals surface area (Å²) in [6, 6.07) is 11.2. The van der Waals surface area contributed by atoms with E-state index in [4.69, 9.17) is 12.2 Å². The molecule has 2 aromatic rings. The Labute approximate surface area is 151 Å². The van der Waals surface area contributed by atoms with Crippen molar-refractivity contribution in [1.29, 1.82) is 0 Å². The number of benzene rings is 2. The van der Waals surface area contributed by atoms with E-state index < -0.39 is 4.92 Å². The normalized spacial score (nSPS) is 10.0. The SMILES string of the molecule is Cc1ccc(C(=O)NC(=S)Nc2cccc([N+](=O)[O-])c2)cc1I. The summed E-state index contributed by atoms with van der Waals surface area (Å²) in [6.07, 6.45) is 0. The smallest absolute Gasteiger partial charge is 0.271 e. The largest absolute Gasteiger partial charge is 0.332 e. The van der Waals surface area contributed by atoms with Gasteiger partial charge in [0, 0.05) is 27.0 Å². The number of hydrogen-bond donors (Lipinski definition) is 2. The number of nitrogens with zero attached hydrogens (tertiary/aromatic N) is 1. The summed E-state index contributed by atoms with van der Waals surface area (Å²) in [5.74, 6) is -0.342. The minimum atomic E-state index is -0.499. The van der Waals surface area contributed by atoms with Crippen LogP contribution in [0.15, 0.2) is 42.5 Å². The van der Waals surface area contributed by atoms with E-state index in [1.807, 2.05) is 13.0 Å². The number of nitro groups is 1. The zero-order valence-corrected chi connectivity index (χ0v) is 15.0. The van der Waals surface area contributed by atoms with Gasteiger partial charge in [0.05, 0.1) is 4.92 Å². The second-order valence-corrected chi connectivity index (χ2v) is 6.25. The molecular weight excluding hydrogens is 429 g/mol. The number of aryl methyl sites for hydroxylation is 1. The monoisotopic (exact) mass is 441 g/mol. The molecule has 0 aromatic heterocycles. The Morgan fingerprint density at radius 3 is 2.65 bits per heavy atom. The van der Waals surface area contributed by atoms with Gasteiger partial charge < -0.3 is 5.32 Å². The lowest BCUT2D eigenvalue weighted by Gasteiger charge is -2.10. The van der Waals surface area contributed by atoms with Crippen LogP contribution in [0.5, 0.6) is 0 Å². The average molecular weight is 441 g/mol. The molecular formula is C15H12IN3O3S. The van der Waals surface area contributed by atoms with Crippen molar-refractivity contribution in [3.05, 3.63) is 67.3 Å². The van der Waals surface area contributed by atoms with Crippen molar-refractivity contribution in [1.82, 2.24) is 5.32 Å². The first-order chi connectivity index (χ1) is 10.9. The lowest BCUT2D eigenvalue weighted by molar-refractivity contribution is -0.384. The Balaban J connectivity index is 2.04. The topological polar surface area (TPSA) is 84.3 Å². The molecule has 0 aliphatic carbocycles. The molecule has 0 radical (unpaired) electrons. The number of carbonyl (C=O) groups excluding carboxylic acids is 1. The first kappa shape index (κ1) is 17.3. The second-order valence-electron chi connectivity index (χ2n) is 4.68. The van der Waals surface area contributed by atoms with E-state index in [9.17, 15) is 14.9 Å². The zero-order chi connectivity index (χ0) is 17.0.